The lowest BCUT2D eigenvalue weighted by molar-refractivity contribution is -0.165. The van der Waals surface area contributed by atoms with Crippen LogP contribution >= 0.6 is 0 Å². The summed E-state index contributed by atoms with van der Waals surface area (Å²) >= 11 is 0. The lowest BCUT2D eigenvalue weighted by Crippen LogP contribution is -2.62. The smallest absolute Gasteiger partial charge is 0.120 e. The molecule has 0 aromatic heterocycles. The van der Waals surface area contributed by atoms with Crippen molar-refractivity contribution in [1.82, 2.24) is 5.32 Å². The van der Waals surface area contributed by atoms with Crippen LogP contribution in [0.25, 0.3) is 0 Å². The first-order chi connectivity index (χ1) is 8.45. The van der Waals surface area contributed by atoms with Crippen molar-refractivity contribution in [3.8, 4) is 0 Å². The summed E-state index contributed by atoms with van der Waals surface area (Å²) < 4.78 is 6.56. The largest absolute Gasteiger partial charge is 0.357 e. The van der Waals surface area contributed by atoms with Crippen LogP contribution in [0.4, 0.5) is 0 Å². The van der Waals surface area contributed by atoms with Crippen LogP contribution in [0.5, 0.6) is 0 Å². The first kappa shape index (κ1) is 14.3. The quantitative estimate of drug-likeness (QED) is 0.812. The molecule has 0 bridgehead atoms. The average Bonchev–Trinajstić information content (AvgIpc) is 2.27. The highest BCUT2D eigenvalue weighted by atomic mass is 16.5. The van der Waals surface area contributed by atoms with Crippen LogP contribution in [0.1, 0.15) is 79.1 Å². The van der Waals surface area contributed by atoms with Gasteiger partial charge in [-0.25, -0.2) is 0 Å². The molecule has 1 N–H and O–H groups in total. The van der Waals surface area contributed by atoms with Gasteiger partial charge < -0.3 is 4.74 Å². The third kappa shape index (κ3) is 3.48. The second-order valence-electron chi connectivity index (χ2n) is 7.25. The van der Waals surface area contributed by atoms with Crippen molar-refractivity contribution in [2.24, 2.45) is 5.92 Å². The van der Waals surface area contributed by atoms with Crippen molar-refractivity contribution in [1.29, 1.82) is 0 Å². The summed E-state index contributed by atoms with van der Waals surface area (Å²) in [6, 6.07) is 0. The molecule has 0 radical (unpaired) electrons. The van der Waals surface area contributed by atoms with Crippen LogP contribution in [-0.4, -0.2) is 17.4 Å². The van der Waals surface area contributed by atoms with E-state index in [0.717, 1.165) is 12.3 Å². The maximum Gasteiger partial charge on any atom is 0.120 e. The summed E-state index contributed by atoms with van der Waals surface area (Å²) in [6.45, 7) is 9.27. The molecule has 2 unspecified atom stereocenters. The van der Waals surface area contributed by atoms with Crippen LogP contribution in [0, 0.1) is 5.92 Å². The van der Waals surface area contributed by atoms with Crippen LogP contribution in [0.15, 0.2) is 0 Å². The van der Waals surface area contributed by atoms with Gasteiger partial charge in [-0.1, -0.05) is 33.1 Å². The Balaban J connectivity index is 2.04. The highest BCUT2D eigenvalue weighted by molar-refractivity contribution is 4.96. The molecular formula is C16H31NO. The minimum Gasteiger partial charge on any atom is -0.357 e. The molecule has 1 aliphatic carbocycles. The lowest BCUT2D eigenvalue weighted by Gasteiger charge is -2.50. The third-order valence-electron chi connectivity index (χ3n) is 4.62. The molecule has 0 aromatic rings. The molecule has 1 saturated heterocycles. The molecule has 0 aromatic carbocycles. The van der Waals surface area contributed by atoms with Crippen molar-refractivity contribution in [2.75, 3.05) is 0 Å². The fraction of sp³-hybridized carbons (Fsp3) is 1.00. The summed E-state index contributed by atoms with van der Waals surface area (Å²) in [4.78, 5) is 0. The number of hydrogen-bond donors (Lipinski definition) is 1. The summed E-state index contributed by atoms with van der Waals surface area (Å²) in [5, 5.41) is 3.81. The highest BCUT2D eigenvalue weighted by Gasteiger charge is 2.43. The predicted octanol–water partition coefficient (Wildman–Crippen LogP) is 4.24. The van der Waals surface area contributed by atoms with Crippen LogP contribution in [0.2, 0.25) is 0 Å². The van der Waals surface area contributed by atoms with E-state index in [-0.39, 0.29) is 11.3 Å². The first-order valence-electron chi connectivity index (χ1n) is 7.92. The fourth-order valence-corrected chi connectivity index (χ4v) is 4.12. The molecule has 18 heavy (non-hydrogen) atoms. The number of hydrogen-bond acceptors (Lipinski definition) is 2. The lowest BCUT2D eigenvalue weighted by atomic mass is 9.79. The van der Waals surface area contributed by atoms with E-state index in [1.807, 2.05) is 0 Å². The Morgan fingerprint density at radius 2 is 1.78 bits per heavy atom. The maximum absolute atomic E-state index is 6.56. The zero-order valence-electron chi connectivity index (χ0n) is 12.7. The van der Waals surface area contributed by atoms with Crippen molar-refractivity contribution in [2.45, 2.75) is 96.4 Å². The molecule has 2 heteroatoms. The van der Waals surface area contributed by atoms with Gasteiger partial charge in [0, 0.05) is 5.54 Å². The summed E-state index contributed by atoms with van der Waals surface area (Å²) in [7, 11) is 0. The summed E-state index contributed by atoms with van der Waals surface area (Å²) in [5.41, 5.74) is 0.144. The van der Waals surface area contributed by atoms with Crippen molar-refractivity contribution >= 4 is 0 Å². The van der Waals surface area contributed by atoms with Gasteiger partial charge >= 0.3 is 0 Å². The van der Waals surface area contributed by atoms with E-state index in [2.05, 4.69) is 33.0 Å². The number of ether oxygens (including phenoxy) is 1. The monoisotopic (exact) mass is 253 g/mol. The summed E-state index contributed by atoms with van der Waals surface area (Å²) in [6.07, 6.45) is 10.6. The van der Waals surface area contributed by atoms with Gasteiger partial charge in [-0.05, 0) is 51.9 Å². The number of piperidine rings is 1. The van der Waals surface area contributed by atoms with E-state index >= 15 is 0 Å². The second kappa shape index (κ2) is 5.50. The molecule has 2 fully saturated rings. The molecule has 2 rings (SSSR count). The minimum absolute atomic E-state index is 0.0663. The number of nitrogens with one attached hydrogen (secondary N) is 1. The molecule has 2 atom stereocenters. The van der Waals surface area contributed by atoms with Crippen molar-refractivity contribution in [3.63, 3.8) is 0 Å². The van der Waals surface area contributed by atoms with E-state index in [0.29, 0.717) is 6.10 Å². The van der Waals surface area contributed by atoms with Gasteiger partial charge in [-0.3, -0.25) is 5.32 Å². The maximum atomic E-state index is 6.56. The SMILES string of the molecule is CCC1(OC2CCCCC2)CC(C)CC(C)(C)N1. The Morgan fingerprint density at radius 1 is 1.11 bits per heavy atom. The molecule has 0 amide bonds. The molecular weight excluding hydrogens is 222 g/mol. The standard InChI is InChI=1S/C16H31NO/c1-5-16(18-14-9-7-6-8-10-14)12-13(2)11-15(3,4)17-16/h13-14,17H,5-12H2,1-4H3. The molecule has 106 valence electrons. The average molecular weight is 253 g/mol. The predicted molar refractivity (Wildman–Crippen MR) is 76.6 cm³/mol. The van der Waals surface area contributed by atoms with E-state index in [1.165, 1.54) is 44.9 Å². The van der Waals surface area contributed by atoms with Gasteiger partial charge in [-0.15, -0.1) is 0 Å². The Bertz CT molecular complexity index is 270. The van der Waals surface area contributed by atoms with Gasteiger partial charge in [0.15, 0.2) is 0 Å². The Kier molecular flexibility index (Phi) is 4.38. The highest BCUT2D eigenvalue weighted by Crippen LogP contribution is 2.38. The van der Waals surface area contributed by atoms with Gasteiger partial charge in [0.1, 0.15) is 5.72 Å². The zero-order valence-corrected chi connectivity index (χ0v) is 12.7. The van der Waals surface area contributed by atoms with Crippen LogP contribution in [0.3, 0.4) is 0 Å². The van der Waals surface area contributed by atoms with E-state index in [1.54, 1.807) is 0 Å². The van der Waals surface area contributed by atoms with Gasteiger partial charge in [0.2, 0.25) is 0 Å². The molecule has 1 saturated carbocycles. The topological polar surface area (TPSA) is 21.3 Å². The normalized spacial score (nSPS) is 37.7. The summed E-state index contributed by atoms with van der Waals surface area (Å²) in [5.74, 6) is 0.754. The Hall–Kier alpha value is -0.0800. The van der Waals surface area contributed by atoms with Crippen molar-refractivity contribution < 1.29 is 4.74 Å². The second-order valence-corrected chi connectivity index (χ2v) is 7.25. The third-order valence-corrected chi connectivity index (χ3v) is 4.62. The molecule has 1 heterocycles. The molecule has 0 spiro atoms. The molecule has 1 aliphatic heterocycles. The Labute approximate surface area is 113 Å². The van der Waals surface area contributed by atoms with Gasteiger partial charge in [0.05, 0.1) is 6.10 Å². The fourth-order valence-electron chi connectivity index (χ4n) is 4.12. The van der Waals surface area contributed by atoms with Gasteiger partial charge in [-0.2, -0.15) is 0 Å². The Morgan fingerprint density at radius 3 is 2.33 bits per heavy atom. The molecule has 2 nitrogen and oxygen atoms in total. The van der Waals surface area contributed by atoms with Crippen LogP contribution in [-0.2, 0) is 4.74 Å². The first-order valence-corrected chi connectivity index (χ1v) is 7.92. The van der Waals surface area contributed by atoms with Crippen LogP contribution < -0.4 is 5.32 Å². The zero-order chi connectivity index (χ0) is 13.2. The number of rotatable bonds is 3. The molecule has 2 aliphatic rings. The van der Waals surface area contributed by atoms with E-state index in [4.69, 9.17) is 4.74 Å². The minimum atomic E-state index is -0.0663. The van der Waals surface area contributed by atoms with E-state index in [9.17, 15) is 0 Å². The van der Waals surface area contributed by atoms with E-state index < -0.39 is 0 Å². The van der Waals surface area contributed by atoms with Gasteiger partial charge in [0.25, 0.3) is 0 Å². The van der Waals surface area contributed by atoms with Crippen molar-refractivity contribution in [3.05, 3.63) is 0 Å².